The van der Waals surface area contributed by atoms with Crippen LogP contribution in [0.4, 0.5) is 0 Å². The Morgan fingerprint density at radius 1 is 1.20 bits per heavy atom. The minimum absolute atomic E-state index is 0.149. The number of ether oxygens (including phenoxy) is 2. The van der Waals surface area contributed by atoms with Crippen molar-refractivity contribution < 1.29 is 19.4 Å². The van der Waals surface area contributed by atoms with E-state index in [9.17, 15) is 9.90 Å². The van der Waals surface area contributed by atoms with E-state index in [2.05, 4.69) is 13.8 Å². The summed E-state index contributed by atoms with van der Waals surface area (Å²) in [7, 11) is 0. The molecule has 5 rings (SSSR count). The average Bonchev–Trinajstić information content (AvgIpc) is 3.25. The molecule has 25 heavy (non-hydrogen) atoms. The maximum absolute atomic E-state index is 12.8. The van der Waals surface area contributed by atoms with Crippen molar-refractivity contribution in [1.29, 1.82) is 0 Å². The summed E-state index contributed by atoms with van der Waals surface area (Å²) >= 11 is 0. The van der Waals surface area contributed by atoms with Gasteiger partial charge in [0.1, 0.15) is 5.60 Å². The van der Waals surface area contributed by atoms with E-state index in [1.54, 1.807) is 0 Å². The van der Waals surface area contributed by atoms with Crippen LogP contribution in [-0.2, 0) is 21.5 Å². The molecule has 5 nitrogen and oxygen atoms in total. The second-order valence-electron chi connectivity index (χ2n) is 8.65. The van der Waals surface area contributed by atoms with Crippen molar-refractivity contribution in [2.75, 3.05) is 13.2 Å². The van der Waals surface area contributed by atoms with Gasteiger partial charge < -0.3 is 14.6 Å². The number of aromatic nitrogens is 1. The third kappa shape index (κ3) is 2.15. The molecule has 134 valence electrons. The van der Waals surface area contributed by atoms with Crippen LogP contribution in [0.15, 0.2) is 0 Å². The smallest absolute Gasteiger partial charge is 0.341 e. The van der Waals surface area contributed by atoms with E-state index in [1.165, 1.54) is 12.8 Å². The van der Waals surface area contributed by atoms with Crippen LogP contribution in [0.5, 0.6) is 0 Å². The van der Waals surface area contributed by atoms with Gasteiger partial charge in [0.2, 0.25) is 0 Å². The van der Waals surface area contributed by atoms with Gasteiger partial charge in [-0.3, -0.25) is 4.98 Å². The standard InChI is InChI=1S/C20H25NO4/c1-11(2)17-15-16(20(25-18(15)23)5-7-24-8-6-20)14-12(21-17)9-19(3-4-19)10-13(14)22/h11,13,22H,3-10H2,1-2H3. The monoisotopic (exact) mass is 343 g/mol. The van der Waals surface area contributed by atoms with Gasteiger partial charge in [-0.15, -0.1) is 0 Å². The number of nitrogens with zero attached hydrogens (tertiary/aromatic N) is 1. The molecule has 1 saturated carbocycles. The highest BCUT2D eigenvalue weighted by Gasteiger charge is 2.55. The van der Waals surface area contributed by atoms with Crippen molar-refractivity contribution >= 4 is 5.97 Å². The van der Waals surface area contributed by atoms with Gasteiger partial charge in [0, 0.05) is 29.7 Å². The van der Waals surface area contributed by atoms with E-state index in [0.29, 0.717) is 31.6 Å². The first-order chi connectivity index (χ1) is 11.9. The van der Waals surface area contributed by atoms with E-state index < -0.39 is 11.7 Å². The maximum atomic E-state index is 12.8. The van der Waals surface area contributed by atoms with E-state index in [0.717, 1.165) is 35.4 Å². The molecular weight excluding hydrogens is 318 g/mol. The van der Waals surface area contributed by atoms with Crippen molar-refractivity contribution in [2.45, 2.75) is 70.0 Å². The van der Waals surface area contributed by atoms with Crippen molar-refractivity contribution in [3.05, 3.63) is 28.1 Å². The molecule has 3 heterocycles. The van der Waals surface area contributed by atoms with Crippen LogP contribution < -0.4 is 0 Å². The van der Waals surface area contributed by atoms with Gasteiger partial charge in [0.15, 0.2) is 0 Å². The number of carbonyl (C=O) groups excluding carboxylic acids is 1. The van der Waals surface area contributed by atoms with Gasteiger partial charge in [-0.05, 0) is 37.0 Å². The number of esters is 1. The zero-order valence-corrected chi connectivity index (χ0v) is 14.9. The molecule has 5 heteroatoms. The Morgan fingerprint density at radius 2 is 1.92 bits per heavy atom. The molecule has 1 saturated heterocycles. The number of pyridine rings is 1. The quantitative estimate of drug-likeness (QED) is 0.794. The van der Waals surface area contributed by atoms with Crippen molar-refractivity contribution in [3.63, 3.8) is 0 Å². The maximum Gasteiger partial charge on any atom is 0.341 e. The molecule has 1 aromatic heterocycles. The second-order valence-corrected chi connectivity index (χ2v) is 8.65. The molecule has 0 bridgehead atoms. The van der Waals surface area contributed by atoms with Gasteiger partial charge in [-0.2, -0.15) is 0 Å². The van der Waals surface area contributed by atoms with Gasteiger partial charge in [0.25, 0.3) is 0 Å². The van der Waals surface area contributed by atoms with Crippen LogP contribution >= 0.6 is 0 Å². The molecule has 1 N–H and O–H groups in total. The van der Waals surface area contributed by atoms with Crippen LogP contribution in [0.2, 0.25) is 0 Å². The Bertz CT molecular complexity index is 759. The lowest BCUT2D eigenvalue weighted by Crippen LogP contribution is -2.36. The third-order valence-electron chi connectivity index (χ3n) is 6.60. The molecule has 2 aliphatic heterocycles. The number of rotatable bonds is 1. The number of hydrogen-bond acceptors (Lipinski definition) is 5. The molecular formula is C20H25NO4. The molecule has 2 aliphatic carbocycles. The lowest BCUT2D eigenvalue weighted by atomic mass is 9.73. The average molecular weight is 343 g/mol. The molecule has 1 atom stereocenters. The van der Waals surface area contributed by atoms with Gasteiger partial charge >= 0.3 is 5.97 Å². The Kier molecular flexibility index (Phi) is 3.18. The Hall–Kier alpha value is -1.46. The Balaban J connectivity index is 1.77. The van der Waals surface area contributed by atoms with Crippen molar-refractivity contribution in [1.82, 2.24) is 4.98 Å². The fourth-order valence-electron chi connectivity index (χ4n) is 5.09. The summed E-state index contributed by atoms with van der Waals surface area (Å²) in [6.45, 7) is 5.31. The van der Waals surface area contributed by atoms with Crippen LogP contribution in [0, 0.1) is 5.41 Å². The van der Waals surface area contributed by atoms with E-state index in [4.69, 9.17) is 14.5 Å². The SMILES string of the molecule is CC(C)c1nc2c(c3c1C(=O)OC31CCOCC1)C(O)CC1(CC1)C2. The minimum atomic E-state index is -0.629. The molecule has 0 radical (unpaired) electrons. The minimum Gasteiger partial charge on any atom is -0.450 e. The summed E-state index contributed by atoms with van der Waals surface area (Å²) in [5.41, 5.74) is 3.92. The summed E-state index contributed by atoms with van der Waals surface area (Å²) < 4.78 is 11.5. The lowest BCUT2D eigenvalue weighted by molar-refractivity contribution is -0.0748. The highest BCUT2D eigenvalue weighted by Crippen LogP contribution is 2.60. The summed E-state index contributed by atoms with van der Waals surface area (Å²) in [5.74, 6) is -0.120. The second kappa shape index (κ2) is 5.04. The van der Waals surface area contributed by atoms with Gasteiger partial charge in [-0.1, -0.05) is 13.8 Å². The van der Waals surface area contributed by atoms with Crippen LogP contribution in [0.1, 0.15) is 90.8 Å². The summed E-state index contributed by atoms with van der Waals surface area (Å²) in [6, 6.07) is 0. The zero-order valence-electron chi connectivity index (χ0n) is 14.9. The van der Waals surface area contributed by atoms with Crippen LogP contribution in [0.3, 0.4) is 0 Å². The molecule has 0 amide bonds. The summed E-state index contributed by atoms with van der Waals surface area (Å²) in [5, 5.41) is 11.0. The Morgan fingerprint density at radius 3 is 2.56 bits per heavy atom. The zero-order chi connectivity index (χ0) is 17.4. The highest BCUT2D eigenvalue weighted by molar-refractivity contribution is 5.97. The molecule has 2 fully saturated rings. The Labute approximate surface area is 147 Å². The van der Waals surface area contributed by atoms with Crippen molar-refractivity contribution in [3.8, 4) is 0 Å². The highest BCUT2D eigenvalue weighted by atomic mass is 16.6. The topological polar surface area (TPSA) is 68.7 Å². The first-order valence-corrected chi connectivity index (χ1v) is 9.51. The normalized spacial score (nSPS) is 28.2. The lowest BCUT2D eigenvalue weighted by Gasteiger charge is -2.37. The number of carbonyl (C=O) groups is 1. The number of aliphatic hydroxyl groups excluding tert-OH is 1. The molecule has 2 spiro atoms. The fourth-order valence-corrected chi connectivity index (χ4v) is 5.09. The first-order valence-electron chi connectivity index (χ1n) is 9.51. The summed E-state index contributed by atoms with van der Waals surface area (Å²) in [4.78, 5) is 17.7. The van der Waals surface area contributed by atoms with E-state index in [1.807, 2.05) is 0 Å². The molecule has 0 aromatic carbocycles. The van der Waals surface area contributed by atoms with Gasteiger partial charge in [-0.25, -0.2) is 4.79 Å². The van der Waals surface area contributed by atoms with Crippen LogP contribution in [-0.4, -0.2) is 29.3 Å². The summed E-state index contributed by atoms with van der Waals surface area (Å²) in [6.07, 6.45) is 4.85. The molecule has 4 aliphatic rings. The molecule has 1 unspecified atom stereocenters. The van der Waals surface area contributed by atoms with E-state index in [-0.39, 0.29) is 17.3 Å². The van der Waals surface area contributed by atoms with E-state index >= 15 is 0 Å². The largest absolute Gasteiger partial charge is 0.450 e. The number of fused-ring (bicyclic) bond motifs is 4. The van der Waals surface area contributed by atoms with Gasteiger partial charge in [0.05, 0.1) is 30.6 Å². The third-order valence-corrected chi connectivity index (χ3v) is 6.60. The predicted molar refractivity (Wildman–Crippen MR) is 90.4 cm³/mol. The van der Waals surface area contributed by atoms with Crippen LogP contribution in [0.25, 0.3) is 0 Å². The first kappa shape index (κ1) is 15.8. The number of aliphatic hydroxyl groups is 1. The molecule has 1 aromatic rings. The number of hydrogen-bond donors (Lipinski definition) is 1. The predicted octanol–water partition coefficient (Wildman–Crippen LogP) is 3.14. The van der Waals surface area contributed by atoms with Crippen molar-refractivity contribution in [2.24, 2.45) is 5.41 Å². The fraction of sp³-hybridized carbons (Fsp3) is 0.700.